The molecule has 2 aromatic heterocycles. The number of carbonyl (C=O) groups is 1. The van der Waals surface area contributed by atoms with Crippen molar-refractivity contribution in [2.45, 2.75) is 19.8 Å². The summed E-state index contributed by atoms with van der Waals surface area (Å²) >= 11 is 6.28. The molecule has 142 valence electrons. The summed E-state index contributed by atoms with van der Waals surface area (Å²) in [7, 11) is 1.55. The van der Waals surface area contributed by atoms with Gasteiger partial charge in [-0.2, -0.15) is 0 Å². The number of pyridine rings is 1. The van der Waals surface area contributed by atoms with E-state index in [4.69, 9.17) is 21.4 Å². The summed E-state index contributed by atoms with van der Waals surface area (Å²) < 4.78 is 7.30. The second kappa shape index (κ2) is 7.75. The van der Waals surface area contributed by atoms with Crippen molar-refractivity contribution in [3.63, 3.8) is 0 Å². The number of rotatable bonds is 7. The van der Waals surface area contributed by atoms with Gasteiger partial charge in [-0.15, -0.1) is 0 Å². The van der Waals surface area contributed by atoms with Crippen LogP contribution in [0.2, 0.25) is 5.02 Å². The van der Waals surface area contributed by atoms with Crippen molar-refractivity contribution in [1.29, 1.82) is 0 Å². The highest BCUT2D eigenvalue weighted by atomic mass is 35.5. The molecular formula is C19H20ClN3O4. The lowest BCUT2D eigenvalue weighted by Crippen LogP contribution is -2.08. The van der Waals surface area contributed by atoms with Crippen molar-refractivity contribution in [2.24, 2.45) is 0 Å². The minimum absolute atomic E-state index is 0.0637. The number of halogens is 1. The Kier molecular flexibility index (Phi) is 5.41. The predicted octanol–water partition coefficient (Wildman–Crippen LogP) is 3.95. The molecule has 0 amide bonds. The van der Waals surface area contributed by atoms with Crippen LogP contribution in [0.3, 0.4) is 0 Å². The van der Waals surface area contributed by atoms with Crippen molar-refractivity contribution in [3.8, 4) is 22.8 Å². The number of aliphatic carboxylic acids is 1. The van der Waals surface area contributed by atoms with Gasteiger partial charge in [0.05, 0.1) is 12.1 Å². The number of phenolic OH excluding ortho intramolecular Hbond substituents is 1. The molecule has 0 bridgehead atoms. The molecule has 0 saturated heterocycles. The zero-order valence-electron chi connectivity index (χ0n) is 15.0. The van der Waals surface area contributed by atoms with Crippen molar-refractivity contribution < 1.29 is 19.7 Å². The summed E-state index contributed by atoms with van der Waals surface area (Å²) in [6.45, 7) is 2.32. The summed E-state index contributed by atoms with van der Waals surface area (Å²) in [6.07, 6.45) is 0.521. The molecule has 0 unspecified atom stereocenters. The minimum atomic E-state index is -0.843. The number of aromatic hydroxyl groups is 1. The summed E-state index contributed by atoms with van der Waals surface area (Å²) in [5.74, 6) is 0.478. The largest absolute Gasteiger partial charge is 0.508 e. The summed E-state index contributed by atoms with van der Waals surface area (Å²) in [6, 6.07) is 8.37. The third-order valence-corrected chi connectivity index (χ3v) is 4.66. The van der Waals surface area contributed by atoms with Crippen LogP contribution in [-0.4, -0.2) is 39.2 Å². The number of aromatic nitrogens is 2. The van der Waals surface area contributed by atoms with Gasteiger partial charge < -0.3 is 20.3 Å². The van der Waals surface area contributed by atoms with Gasteiger partial charge in [0.15, 0.2) is 0 Å². The van der Waals surface area contributed by atoms with Gasteiger partial charge in [0.25, 0.3) is 0 Å². The van der Waals surface area contributed by atoms with Crippen molar-refractivity contribution in [1.82, 2.24) is 9.38 Å². The number of nitrogens with zero attached hydrogens (tertiary/aromatic N) is 2. The predicted molar refractivity (Wildman–Crippen MR) is 104 cm³/mol. The highest BCUT2D eigenvalue weighted by molar-refractivity contribution is 6.31. The van der Waals surface area contributed by atoms with Crippen LogP contribution in [0.15, 0.2) is 30.3 Å². The Hall–Kier alpha value is -2.93. The summed E-state index contributed by atoms with van der Waals surface area (Å²) in [5, 5.41) is 22.6. The van der Waals surface area contributed by atoms with Crippen LogP contribution in [0.1, 0.15) is 18.5 Å². The molecule has 3 N–H and O–H groups in total. The normalized spacial score (nSPS) is 10.9. The fraction of sp³-hybridized carbons (Fsp3) is 0.263. The molecule has 0 saturated carbocycles. The second-order valence-electron chi connectivity index (χ2n) is 6.08. The Morgan fingerprint density at radius 2 is 2.11 bits per heavy atom. The van der Waals surface area contributed by atoms with E-state index in [2.05, 4.69) is 10.3 Å². The molecule has 8 heteroatoms. The van der Waals surface area contributed by atoms with E-state index in [1.54, 1.807) is 37.4 Å². The van der Waals surface area contributed by atoms with Gasteiger partial charge in [-0.05, 0) is 43.7 Å². The molecule has 0 aliphatic rings. The lowest BCUT2D eigenvalue weighted by molar-refractivity contribution is -0.137. The summed E-state index contributed by atoms with van der Waals surface area (Å²) in [5.41, 5.74) is 2.69. The molecule has 0 aliphatic heterocycles. The van der Waals surface area contributed by atoms with Crippen LogP contribution >= 0.6 is 11.6 Å². The van der Waals surface area contributed by atoms with E-state index in [0.717, 1.165) is 5.69 Å². The standard InChI is InChI=1S/C19H20ClN3O4/c1-11-14(20)6-8-16-22-18(13-10-12(24)5-7-15(13)27-2)19(23(11)16)21-9-3-4-17(25)26/h5-8,10,21,24H,3-4,9H2,1-2H3,(H,25,26). The number of methoxy groups -OCH3 is 1. The smallest absolute Gasteiger partial charge is 0.303 e. The molecule has 0 atom stereocenters. The molecule has 0 spiro atoms. The molecule has 1 aromatic carbocycles. The lowest BCUT2D eigenvalue weighted by Gasteiger charge is -2.12. The maximum atomic E-state index is 10.8. The number of hydrogen-bond donors (Lipinski definition) is 3. The molecule has 3 aromatic rings. The molecule has 7 nitrogen and oxygen atoms in total. The molecule has 3 rings (SSSR count). The zero-order chi connectivity index (χ0) is 19.6. The van der Waals surface area contributed by atoms with Gasteiger partial charge in [-0.1, -0.05) is 11.6 Å². The Morgan fingerprint density at radius 3 is 2.81 bits per heavy atom. The molecule has 27 heavy (non-hydrogen) atoms. The zero-order valence-corrected chi connectivity index (χ0v) is 15.7. The number of carboxylic acid groups (broad SMARTS) is 1. The second-order valence-corrected chi connectivity index (χ2v) is 6.49. The third kappa shape index (κ3) is 3.78. The first kappa shape index (κ1) is 18.8. The van der Waals surface area contributed by atoms with E-state index >= 15 is 0 Å². The van der Waals surface area contributed by atoms with Gasteiger partial charge in [0, 0.05) is 24.2 Å². The van der Waals surface area contributed by atoms with Gasteiger partial charge in [0.2, 0.25) is 0 Å². The number of imidazole rings is 1. The average Bonchev–Trinajstić information content (AvgIpc) is 3.00. The SMILES string of the molecule is COc1ccc(O)cc1-c1nc2ccc(Cl)c(C)n2c1NCCCC(=O)O. The van der Waals surface area contributed by atoms with Gasteiger partial charge in [-0.25, -0.2) is 4.98 Å². The van der Waals surface area contributed by atoms with Crippen LogP contribution in [0.4, 0.5) is 5.82 Å². The monoisotopic (exact) mass is 389 g/mol. The fourth-order valence-corrected chi connectivity index (χ4v) is 3.09. The Bertz CT molecular complexity index is 1000. The van der Waals surface area contributed by atoms with E-state index in [0.29, 0.717) is 46.5 Å². The Morgan fingerprint density at radius 1 is 1.33 bits per heavy atom. The molecule has 0 radical (unpaired) electrons. The first-order valence-electron chi connectivity index (χ1n) is 8.43. The number of fused-ring (bicyclic) bond motifs is 1. The third-order valence-electron chi connectivity index (χ3n) is 4.26. The highest BCUT2D eigenvalue weighted by Crippen LogP contribution is 2.38. The highest BCUT2D eigenvalue weighted by Gasteiger charge is 2.20. The quantitative estimate of drug-likeness (QED) is 0.529. The number of ether oxygens (including phenoxy) is 1. The number of phenols is 1. The molecule has 0 aliphatic carbocycles. The number of hydrogen-bond acceptors (Lipinski definition) is 5. The van der Waals surface area contributed by atoms with Crippen molar-refractivity contribution >= 4 is 29.0 Å². The van der Waals surface area contributed by atoms with E-state index < -0.39 is 5.97 Å². The average molecular weight is 390 g/mol. The van der Waals surface area contributed by atoms with Crippen LogP contribution in [0.5, 0.6) is 11.5 Å². The van der Waals surface area contributed by atoms with Crippen LogP contribution in [0, 0.1) is 6.92 Å². The Labute approximate surface area is 161 Å². The van der Waals surface area contributed by atoms with Crippen molar-refractivity contribution in [3.05, 3.63) is 41.0 Å². The lowest BCUT2D eigenvalue weighted by atomic mass is 10.1. The van der Waals surface area contributed by atoms with Crippen LogP contribution < -0.4 is 10.1 Å². The molecule has 0 fully saturated rings. The number of carboxylic acids is 1. The first-order chi connectivity index (χ1) is 12.9. The number of anilines is 1. The van der Waals surface area contributed by atoms with Gasteiger partial charge >= 0.3 is 5.97 Å². The molecular weight excluding hydrogens is 370 g/mol. The minimum Gasteiger partial charge on any atom is -0.508 e. The van der Waals surface area contributed by atoms with E-state index in [1.807, 2.05) is 11.3 Å². The van der Waals surface area contributed by atoms with Crippen molar-refractivity contribution in [2.75, 3.05) is 19.0 Å². The number of benzene rings is 1. The topological polar surface area (TPSA) is 96.1 Å². The van der Waals surface area contributed by atoms with Gasteiger partial charge in [-0.3, -0.25) is 9.20 Å². The summed E-state index contributed by atoms with van der Waals surface area (Å²) in [4.78, 5) is 15.5. The maximum Gasteiger partial charge on any atom is 0.303 e. The van der Waals surface area contributed by atoms with Crippen LogP contribution in [0.25, 0.3) is 16.9 Å². The van der Waals surface area contributed by atoms with Gasteiger partial charge in [0.1, 0.15) is 28.7 Å². The van der Waals surface area contributed by atoms with Crippen LogP contribution in [-0.2, 0) is 4.79 Å². The molecule has 2 heterocycles. The van der Waals surface area contributed by atoms with E-state index in [1.165, 1.54) is 0 Å². The number of aryl methyl sites for hydroxylation is 1. The van der Waals surface area contributed by atoms with E-state index in [9.17, 15) is 9.90 Å². The maximum absolute atomic E-state index is 10.8. The number of nitrogens with one attached hydrogen (secondary N) is 1. The fourth-order valence-electron chi connectivity index (χ4n) is 2.94. The van der Waals surface area contributed by atoms with E-state index in [-0.39, 0.29) is 12.2 Å². The Balaban J connectivity index is 2.14. The first-order valence-corrected chi connectivity index (χ1v) is 8.80.